The average Bonchev–Trinajstić information content (AvgIpc) is 3.02. The first-order valence-electron chi connectivity index (χ1n) is 8.28. The largest absolute Gasteiger partial charge is 0.310 e. The van der Waals surface area contributed by atoms with Gasteiger partial charge in [0.25, 0.3) is 0 Å². The van der Waals surface area contributed by atoms with Crippen LogP contribution in [0.2, 0.25) is 10.3 Å². The SMILES string of the molecule is Clc1cc2c(cc1C(c1ccccc1)n1ccnc1Cl)CCCC2. The van der Waals surface area contributed by atoms with Crippen LogP contribution >= 0.6 is 23.2 Å². The van der Waals surface area contributed by atoms with E-state index in [0.29, 0.717) is 5.28 Å². The predicted octanol–water partition coefficient (Wildman–Crippen LogP) is 5.71. The van der Waals surface area contributed by atoms with Crippen molar-refractivity contribution in [1.82, 2.24) is 9.55 Å². The van der Waals surface area contributed by atoms with Gasteiger partial charge >= 0.3 is 0 Å². The highest BCUT2D eigenvalue weighted by molar-refractivity contribution is 6.31. The van der Waals surface area contributed by atoms with E-state index < -0.39 is 0 Å². The minimum Gasteiger partial charge on any atom is -0.310 e. The van der Waals surface area contributed by atoms with Crippen molar-refractivity contribution in [3.63, 3.8) is 0 Å². The summed E-state index contributed by atoms with van der Waals surface area (Å²) < 4.78 is 1.98. The van der Waals surface area contributed by atoms with Crippen molar-refractivity contribution in [2.45, 2.75) is 31.7 Å². The molecule has 1 aromatic heterocycles. The molecule has 2 aromatic carbocycles. The molecule has 1 heterocycles. The Labute approximate surface area is 152 Å². The van der Waals surface area contributed by atoms with Crippen molar-refractivity contribution >= 4 is 23.2 Å². The van der Waals surface area contributed by atoms with Crippen LogP contribution in [-0.4, -0.2) is 9.55 Å². The van der Waals surface area contributed by atoms with Crippen molar-refractivity contribution in [3.8, 4) is 0 Å². The molecule has 4 rings (SSSR count). The van der Waals surface area contributed by atoms with Crippen LogP contribution in [0.1, 0.15) is 41.1 Å². The molecule has 0 saturated heterocycles. The highest BCUT2D eigenvalue weighted by Gasteiger charge is 2.23. The lowest BCUT2D eigenvalue weighted by molar-refractivity contribution is 0.661. The molecular weight excluding hydrogens is 339 g/mol. The molecule has 24 heavy (non-hydrogen) atoms. The summed E-state index contributed by atoms with van der Waals surface area (Å²) in [5, 5.41) is 1.27. The molecule has 0 amide bonds. The van der Waals surface area contributed by atoms with Crippen LogP contribution < -0.4 is 0 Å². The van der Waals surface area contributed by atoms with E-state index >= 15 is 0 Å². The van der Waals surface area contributed by atoms with Crippen molar-refractivity contribution in [3.05, 3.63) is 87.4 Å². The maximum atomic E-state index is 6.70. The first-order chi connectivity index (χ1) is 11.7. The molecule has 0 radical (unpaired) electrons. The number of fused-ring (bicyclic) bond motifs is 1. The highest BCUT2D eigenvalue weighted by Crippen LogP contribution is 2.37. The summed E-state index contributed by atoms with van der Waals surface area (Å²) in [5.41, 5.74) is 5.04. The zero-order valence-electron chi connectivity index (χ0n) is 13.3. The van der Waals surface area contributed by atoms with Gasteiger partial charge in [-0.05, 0) is 65.6 Å². The second-order valence-corrected chi connectivity index (χ2v) is 7.01. The molecule has 4 heteroatoms. The van der Waals surface area contributed by atoms with Gasteiger partial charge in [-0.3, -0.25) is 0 Å². The standard InChI is InChI=1S/C20H18Cl2N2/c21-18-13-16-9-5-4-8-15(16)12-17(18)19(14-6-2-1-3-7-14)24-11-10-23-20(24)22/h1-3,6-7,10-13,19H,4-5,8-9H2. The fraction of sp³-hybridized carbons (Fsp3) is 0.250. The van der Waals surface area contributed by atoms with Gasteiger partial charge in [-0.25, -0.2) is 4.98 Å². The number of rotatable bonds is 3. The van der Waals surface area contributed by atoms with Gasteiger partial charge < -0.3 is 4.57 Å². The summed E-state index contributed by atoms with van der Waals surface area (Å²) in [5.74, 6) is 0. The Hall–Kier alpha value is -1.77. The third-order valence-electron chi connectivity index (χ3n) is 4.77. The van der Waals surface area contributed by atoms with Gasteiger partial charge in [0.05, 0.1) is 6.04 Å². The number of hydrogen-bond acceptors (Lipinski definition) is 1. The summed E-state index contributed by atoms with van der Waals surface area (Å²) in [4.78, 5) is 4.19. The average molecular weight is 357 g/mol. The van der Waals surface area contributed by atoms with Gasteiger partial charge in [-0.1, -0.05) is 48.0 Å². The Morgan fingerprint density at radius 3 is 2.33 bits per heavy atom. The summed E-state index contributed by atoms with van der Waals surface area (Å²) in [6.07, 6.45) is 8.38. The Balaban J connectivity index is 1.90. The van der Waals surface area contributed by atoms with Crippen LogP contribution in [0.3, 0.4) is 0 Å². The molecule has 0 saturated carbocycles. The molecule has 0 N–H and O–H groups in total. The van der Waals surface area contributed by atoms with E-state index in [1.165, 1.54) is 24.0 Å². The smallest absolute Gasteiger partial charge is 0.203 e. The fourth-order valence-corrected chi connectivity index (χ4v) is 4.10. The maximum absolute atomic E-state index is 6.70. The molecule has 1 unspecified atom stereocenters. The third kappa shape index (κ3) is 2.85. The van der Waals surface area contributed by atoms with Crippen molar-refractivity contribution in [1.29, 1.82) is 0 Å². The van der Waals surface area contributed by atoms with E-state index in [9.17, 15) is 0 Å². The summed E-state index contributed by atoms with van der Waals surface area (Å²) in [7, 11) is 0. The van der Waals surface area contributed by atoms with E-state index in [2.05, 4.69) is 29.2 Å². The molecule has 1 aliphatic rings. The lowest BCUT2D eigenvalue weighted by Crippen LogP contribution is -2.14. The number of benzene rings is 2. The lowest BCUT2D eigenvalue weighted by Gasteiger charge is -2.25. The minimum absolute atomic E-state index is 0.0686. The molecule has 0 bridgehead atoms. The van der Waals surface area contributed by atoms with Gasteiger partial charge in [0.1, 0.15) is 0 Å². The van der Waals surface area contributed by atoms with E-state index in [1.807, 2.05) is 29.0 Å². The quantitative estimate of drug-likeness (QED) is 0.587. The Morgan fingerprint density at radius 2 is 1.67 bits per heavy atom. The summed E-state index contributed by atoms with van der Waals surface area (Å²) in [6.45, 7) is 0. The first-order valence-corrected chi connectivity index (χ1v) is 9.04. The number of nitrogens with zero attached hydrogens (tertiary/aromatic N) is 2. The fourth-order valence-electron chi connectivity index (χ4n) is 3.60. The van der Waals surface area contributed by atoms with Gasteiger partial charge in [0.15, 0.2) is 0 Å². The van der Waals surface area contributed by atoms with Gasteiger partial charge in [-0.15, -0.1) is 0 Å². The van der Waals surface area contributed by atoms with Crippen molar-refractivity contribution in [2.24, 2.45) is 0 Å². The van der Waals surface area contributed by atoms with Gasteiger partial charge in [-0.2, -0.15) is 0 Å². The zero-order chi connectivity index (χ0) is 16.5. The van der Waals surface area contributed by atoms with E-state index in [0.717, 1.165) is 29.0 Å². The molecule has 122 valence electrons. The first kappa shape index (κ1) is 15.7. The minimum atomic E-state index is -0.0686. The van der Waals surface area contributed by atoms with Crippen LogP contribution in [0.25, 0.3) is 0 Å². The zero-order valence-corrected chi connectivity index (χ0v) is 14.8. The molecule has 3 aromatic rings. The molecule has 1 atom stereocenters. The second-order valence-electron chi connectivity index (χ2n) is 6.27. The predicted molar refractivity (Wildman–Crippen MR) is 99.0 cm³/mol. The second kappa shape index (κ2) is 6.62. The van der Waals surface area contributed by atoms with E-state index in [-0.39, 0.29) is 6.04 Å². The van der Waals surface area contributed by atoms with Crippen LogP contribution in [0.4, 0.5) is 0 Å². The van der Waals surface area contributed by atoms with Crippen LogP contribution in [0, 0.1) is 0 Å². The van der Waals surface area contributed by atoms with E-state index in [4.69, 9.17) is 23.2 Å². The molecule has 2 nitrogen and oxygen atoms in total. The topological polar surface area (TPSA) is 17.8 Å². The molecule has 1 aliphatic carbocycles. The van der Waals surface area contributed by atoms with Gasteiger partial charge in [0.2, 0.25) is 5.28 Å². The lowest BCUT2D eigenvalue weighted by atomic mass is 9.87. The number of aryl methyl sites for hydroxylation is 2. The van der Waals surface area contributed by atoms with Crippen LogP contribution in [-0.2, 0) is 12.8 Å². The molecule has 0 fully saturated rings. The Morgan fingerprint density at radius 1 is 0.958 bits per heavy atom. The molecular formula is C20H18Cl2N2. The molecule has 0 spiro atoms. The summed E-state index contributed by atoms with van der Waals surface area (Å²) in [6, 6.07) is 14.7. The van der Waals surface area contributed by atoms with Crippen molar-refractivity contribution < 1.29 is 0 Å². The van der Waals surface area contributed by atoms with Crippen molar-refractivity contribution in [2.75, 3.05) is 0 Å². The Bertz CT molecular complexity index is 855. The van der Waals surface area contributed by atoms with Crippen LogP contribution in [0.5, 0.6) is 0 Å². The monoisotopic (exact) mass is 356 g/mol. The summed E-state index contributed by atoms with van der Waals surface area (Å²) >= 11 is 13.0. The normalized spacial score (nSPS) is 15.1. The number of halogens is 2. The number of imidazole rings is 1. The number of hydrogen-bond donors (Lipinski definition) is 0. The number of aromatic nitrogens is 2. The third-order valence-corrected chi connectivity index (χ3v) is 5.39. The van der Waals surface area contributed by atoms with E-state index in [1.54, 1.807) is 6.20 Å². The maximum Gasteiger partial charge on any atom is 0.203 e. The highest BCUT2D eigenvalue weighted by atomic mass is 35.5. The molecule has 0 aliphatic heterocycles. The Kier molecular flexibility index (Phi) is 4.34. The van der Waals surface area contributed by atoms with Gasteiger partial charge in [0, 0.05) is 17.4 Å². The van der Waals surface area contributed by atoms with Crippen LogP contribution in [0.15, 0.2) is 54.9 Å².